The normalized spacial score (nSPS) is 24.1. The van der Waals surface area contributed by atoms with Crippen LogP contribution in [0.1, 0.15) is 34.7 Å². The van der Waals surface area contributed by atoms with Crippen LogP contribution in [0, 0.1) is 12.8 Å². The summed E-state index contributed by atoms with van der Waals surface area (Å²) in [7, 11) is 0. The highest BCUT2D eigenvalue weighted by atomic mass is 16.3. The Bertz CT molecular complexity index is 712. The number of furan rings is 1. The fourth-order valence-electron chi connectivity index (χ4n) is 3.99. The van der Waals surface area contributed by atoms with E-state index < -0.39 is 0 Å². The maximum atomic E-state index is 12.8. The van der Waals surface area contributed by atoms with Gasteiger partial charge in [0.25, 0.3) is 5.91 Å². The van der Waals surface area contributed by atoms with E-state index in [2.05, 4.69) is 16.0 Å². The van der Waals surface area contributed by atoms with Crippen molar-refractivity contribution in [1.82, 2.24) is 14.8 Å². The van der Waals surface area contributed by atoms with Crippen molar-refractivity contribution in [1.29, 1.82) is 0 Å². The Kier molecular flexibility index (Phi) is 4.10. The fraction of sp³-hybridized carbons (Fsp3) is 0.474. The first-order valence-corrected chi connectivity index (χ1v) is 8.67. The molecule has 5 heterocycles. The molecule has 3 aliphatic heterocycles. The molecule has 0 aliphatic carbocycles. The third-order valence-electron chi connectivity index (χ3n) is 5.20. The molecular weight excluding hydrogens is 302 g/mol. The van der Waals surface area contributed by atoms with Crippen LogP contribution in [0.2, 0.25) is 0 Å². The number of hydrogen-bond acceptors (Lipinski definition) is 4. The molecule has 0 N–H and O–H groups in total. The molecule has 5 rings (SSSR count). The van der Waals surface area contributed by atoms with E-state index >= 15 is 0 Å². The molecule has 3 saturated heterocycles. The second-order valence-corrected chi connectivity index (χ2v) is 6.99. The molecule has 24 heavy (non-hydrogen) atoms. The summed E-state index contributed by atoms with van der Waals surface area (Å²) in [5, 5.41) is 0. The molecular formula is C19H23N3O2. The number of rotatable bonds is 3. The number of carbonyl (C=O) groups is 1. The molecule has 1 amide bonds. The average Bonchev–Trinajstić information content (AvgIpc) is 2.82. The quantitative estimate of drug-likeness (QED) is 0.871. The number of aryl methyl sites for hydroxylation is 1. The van der Waals surface area contributed by atoms with Crippen molar-refractivity contribution in [2.75, 3.05) is 19.6 Å². The Morgan fingerprint density at radius 2 is 2.00 bits per heavy atom. The summed E-state index contributed by atoms with van der Waals surface area (Å²) in [6.45, 7) is 5.52. The minimum atomic E-state index is 0.130. The highest BCUT2D eigenvalue weighted by Gasteiger charge is 2.36. The van der Waals surface area contributed by atoms with E-state index in [-0.39, 0.29) is 5.91 Å². The van der Waals surface area contributed by atoms with E-state index in [9.17, 15) is 4.79 Å². The van der Waals surface area contributed by atoms with E-state index in [0.717, 1.165) is 49.7 Å². The molecule has 126 valence electrons. The minimum Gasteiger partial charge on any atom is -0.465 e. The predicted octanol–water partition coefficient (Wildman–Crippen LogP) is 2.72. The Hall–Kier alpha value is -2.14. The predicted molar refractivity (Wildman–Crippen MR) is 90.5 cm³/mol. The second kappa shape index (κ2) is 6.40. The zero-order chi connectivity index (χ0) is 16.5. The SMILES string of the molecule is Cc1ccc(CN2C[C@H]3CC[C@@H]2CN(C(=O)c2ccncc2)C3)o1. The van der Waals surface area contributed by atoms with Crippen molar-refractivity contribution < 1.29 is 9.21 Å². The Labute approximate surface area is 142 Å². The van der Waals surface area contributed by atoms with E-state index in [1.807, 2.05) is 17.9 Å². The summed E-state index contributed by atoms with van der Waals surface area (Å²) in [5.74, 6) is 2.65. The molecule has 0 aromatic carbocycles. The summed E-state index contributed by atoms with van der Waals surface area (Å²) in [4.78, 5) is 21.3. The highest BCUT2D eigenvalue weighted by molar-refractivity contribution is 5.94. The number of aromatic nitrogens is 1. The van der Waals surface area contributed by atoms with Crippen LogP contribution in [0.4, 0.5) is 0 Å². The van der Waals surface area contributed by atoms with Gasteiger partial charge in [0.05, 0.1) is 6.54 Å². The standard InChI is InChI=1S/C19H23N3O2/c1-14-2-5-18(24-14)13-21-10-15-3-4-17(21)12-22(11-15)19(23)16-6-8-20-9-7-16/h2,5-9,15,17H,3-4,10-13H2,1H3/t15-,17-/m1/s1. The Morgan fingerprint density at radius 3 is 2.75 bits per heavy atom. The molecule has 2 atom stereocenters. The average molecular weight is 325 g/mol. The van der Waals surface area contributed by atoms with Crippen LogP contribution in [0.25, 0.3) is 0 Å². The van der Waals surface area contributed by atoms with Gasteiger partial charge in [-0.25, -0.2) is 0 Å². The zero-order valence-corrected chi connectivity index (χ0v) is 14.0. The van der Waals surface area contributed by atoms with Crippen LogP contribution in [-0.4, -0.2) is 46.4 Å². The summed E-state index contributed by atoms with van der Waals surface area (Å²) in [6.07, 6.45) is 5.74. The monoisotopic (exact) mass is 325 g/mol. The third kappa shape index (κ3) is 3.08. The van der Waals surface area contributed by atoms with Gasteiger partial charge in [0, 0.05) is 43.6 Å². The summed E-state index contributed by atoms with van der Waals surface area (Å²) in [6, 6.07) is 8.11. The van der Waals surface area contributed by atoms with Gasteiger partial charge in [0.15, 0.2) is 0 Å². The van der Waals surface area contributed by atoms with Crippen LogP contribution in [0.5, 0.6) is 0 Å². The van der Waals surface area contributed by atoms with Gasteiger partial charge in [0.1, 0.15) is 11.5 Å². The number of fused-ring (bicyclic) bond motifs is 4. The first-order valence-electron chi connectivity index (χ1n) is 8.67. The number of piperidine rings is 1. The number of hydrogen-bond donors (Lipinski definition) is 0. The minimum absolute atomic E-state index is 0.130. The number of amides is 1. The molecule has 3 aliphatic rings. The third-order valence-corrected chi connectivity index (χ3v) is 5.20. The second-order valence-electron chi connectivity index (χ2n) is 6.99. The lowest BCUT2D eigenvalue weighted by atomic mass is 9.95. The molecule has 5 heteroatoms. The van der Waals surface area contributed by atoms with E-state index in [4.69, 9.17) is 4.42 Å². The number of carbonyl (C=O) groups excluding carboxylic acids is 1. The maximum Gasteiger partial charge on any atom is 0.254 e. The Balaban J connectivity index is 1.49. The van der Waals surface area contributed by atoms with Crippen LogP contribution in [0.15, 0.2) is 41.1 Å². The van der Waals surface area contributed by atoms with Crippen LogP contribution in [0.3, 0.4) is 0 Å². The summed E-state index contributed by atoms with van der Waals surface area (Å²) >= 11 is 0. The zero-order valence-electron chi connectivity index (χ0n) is 14.0. The molecule has 0 spiro atoms. The maximum absolute atomic E-state index is 12.8. The first-order chi connectivity index (χ1) is 11.7. The van der Waals surface area contributed by atoms with Gasteiger partial charge in [-0.05, 0) is 49.9 Å². The van der Waals surface area contributed by atoms with Gasteiger partial charge in [-0.3, -0.25) is 14.7 Å². The van der Waals surface area contributed by atoms with Crippen LogP contribution < -0.4 is 0 Å². The van der Waals surface area contributed by atoms with Gasteiger partial charge >= 0.3 is 0 Å². The van der Waals surface area contributed by atoms with Gasteiger partial charge in [-0.1, -0.05) is 0 Å². The molecule has 0 radical (unpaired) electrons. The topological polar surface area (TPSA) is 49.6 Å². The van der Waals surface area contributed by atoms with Crippen molar-refractivity contribution in [3.8, 4) is 0 Å². The highest BCUT2D eigenvalue weighted by Crippen LogP contribution is 2.30. The van der Waals surface area contributed by atoms with E-state index in [1.165, 1.54) is 6.42 Å². The van der Waals surface area contributed by atoms with E-state index in [0.29, 0.717) is 12.0 Å². The van der Waals surface area contributed by atoms with Crippen LogP contribution in [-0.2, 0) is 6.54 Å². The van der Waals surface area contributed by atoms with Crippen LogP contribution >= 0.6 is 0 Å². The van der Waals surface area contributed by atoms with Gasteiger partial charge in [-0.2, -0.15) is 0 Å². The van der Waals surface area contributed by atoms with Crippen molar-refractivity contribution in [3.05, 3.63) is 53.7 Å². The van der Waals surface area contributed by atoms with Crippen molar-refractivity contribution in [2.45, 2.75) is 32.4 Å². The molecule has 2 aromatic heterocycles. The smallest absolute Gasteiger partial charge is 0.254 e. The van der Waals surface area contributed by atoms with Gasteiger partial charge < -0.3 is 9.32 Å². The number of pyridine rings is 1. The van der Waals surface area contributed by atoms with Crippen molar-refractivity contribution in [2.24, 2.45) is 5.92 Å². The summed E-state index contributed by atoms with van der Waals surface area (Å²) < 4.78 is 5.75. The molecule has 2 bridgehead atoms. The van der Waals surface area contributed by atoms with Gasteiger partial charge in [0.2, 0.25) is 0 Å². The molecule has 2 aromatic rings. The first kappa shape index (κ1) is 15.4. The molecule has 0 saturated carbocycles. The van der Waals surface area contributed by atoms with E-state index in [1.54, 1.807) is 24.5 Å². The lowest BCUT2D eigenvalue weighted by molar-refractivity contribution is 0.0733. The lowest BCUT2D eigenvalue weighted by Crippen LogP contribution is -2.43. The molecule has 3 fully saturated rings. The molecule has 5 nitrogen and oxygen atoms in total. The summed E-state index contributed by atoms with van der Waals surface area (Å²) in [5.41, 5.74) is 0.736. The largest absolute Gasteiger partial charge is 0.465 e. The fourth-order valence-corrected chi connectivity index (χ4v) is 3.99. The molecule has 0 unspecified atom stereocenters. The Morgan fingerprint density at radius 1 is 1.17 bits per heavy atom. The van der Waals surface area contributed by atoms with Crippen molar-refractivity contribution in [3.63, 3.8) is 0 Å². The van der Waals surface area contributed by atoms with Crippen molar-refractivity contribution >= 4 is 5.91 Å². The van der Waals surface area contributed by atoms with Gasteiger partial charge in [-0.15, -0.1) is 0 Å². The lowest BCUT2D eigenvalue weighted by Gasteiger charge is -2.35. The number of nitrogens with zero attached hydrogens (tertiary/aromatic N) is 3.